The van der Waals surface area contributed by atoms with Crippen molar-refractivity contribution < 1.29 is 45.9 Å². The molecule has 0 saturated heterocycles. The fraction of sp³-hybridized carbons (Fsp3) is 0. The third-order valence-corrected chi connectivity index (χ3v) is 1.17. The molecule has 66 valence electrons. The second-order valence-electron chi connectivity index (χ2n) is 1.90. The molecular formula is C6F5LiO. The fourth-order valence-electron chi connectivity index (χ4n) is 0.585. The predicted molar refractivity (Wildman–Crippen MR) is 25.7 cm³/mol. The summed E-state index contributed by atoms with van der Waals surface area (Å²) in [6.45, 7) is 0. The quantitative estimate of drug-likeness (QED) is 0.210. The van der Waals surface area contributed by atoms with Gasteiger partial charge >= 0.3 is 18.9 Å². The van der Waals surface area contributed by atoms with Gasteiger partial charge in [-0.25, -0.2) is 22.0 Å². The Morgan fingerprint density at radius 3 is 1.15 bits per heavy atom. The van der Waals surface area contributed by atoms with Crippen LogP contribution in [0.5, 0.6) is 5.75 Å². The molecular weight excluding hydrogens is 190 g/mol. The summed E-state index contributed by atoms with van der Waals surface area (Å²) in [7, 11) is 0. The molecule has 0 radical (unpaired) electrons. The van der Waals surface area contributed by atoms with Crippen LogP contribution in [0.25, 0.3) is 0 Å². The van der Waals surface area contributed by atoms with Gasteiger partial charge < -0.3 is 5.11 Å². The summed E-state index contributed by atoms with van der Waals surface area (Å²) >= 11 is 0. The van der Waals surface area contributed by atoms with Crippen molar-refractivity contribution in [1.82, 2.24) is 0 Å². The SMILES string of the molecule is [Li+].[O-]c1c(F)c(F)c(F)c(F)c1F. The number of hydrogen-bond donors (Lipinski definition) is 0. The van der Waals surface area contributed by atoms with E-state index in [0.29, 0.717) is 0 Å². The number of rotatable bonds is 0. The Morgan fingerprint density at radius 1 is 0.615 bits per heavy atom. The van der Waals surface area contributed by atoms with Gasteiger partial charge in [0.15, 0.2) is 29.1 Å². The minimum Gasteiger partial charge on any atom is -0.868 e. The van der Waals surface area contributed by atoms with E-state index in [1.54, 1.807) is 0 Å². The maximum atomic E-state index is 12.1. The second-order valence-corrected chi connectivity index (χ2v) is 1.90. The molecule has 0 aliphatic carbocycles. The largest absolute Gasteiger partial charge is 1.00 e. The molecule has 1 aromatic rings. The van der Waals surface area contributed by atoms with E-state index >= 15 is 0 Å². The molecule has 0 heterocycles. The van der Waals surface area contributed by atoms with Gasteiger partial charge in [-0.05, 0) is 5.75 Å². The van der Waals surface area contributed by atoms with Gasteiger partial charge in [0.25, 0.3) is 0 Å². The first-order chi connectivity index (χ1) is 5.46. The topological polar surface area (TPSA) is 23.1 Å². The van der Waals surface area contributed by atoms with Gasteiger partial charge in [0.2, 0.25) is 0 Å². The van der Waals surface area contributed by atoms with Crippen LogP contribution in [0.1, 0.15) is 0 Å². The van der Waals surface area contributed by atoms with E-state index in [9.17, 15) is 27.1 Å². The molecule has 0 aliphatic heterocycles. The van der Waals surface area contributed by atoms with Crippen molar-refractivity contribution in [1.29, 1.82) is 0 Å². The van der Waals surface area contributed by atoms with E-state index < -0.39 is 34.8 Å². The smallest absolute Gasteiger partial charge is 0.868 e. The van der Waals surface area contributed by atoms with E-state index in [2.05, 4.69) is 0 Å². The molecule has 0 saturated carbocycles. The summed E-state index contributed by atoms with van der Waals surface area (Å²) in [5.74, 6) is -13.6. The molecule has 1 rings (SSSR count). The van der Waals surface area contributed by atoms with Crippen molar-refractivity contribution in [2.45, 2.75) is 0 Å². The van der Waals surface area contributed by atoms with Crippen LogP contribution >= 0.6 is 0 Å². The fourth-order valence-corrected chi connectivity index (χ4v) is 0.585. The maximum Gasteiger partial charge on any atom is 1.00 e. The van der Waals surface area contributed by atoms with E-state index in [-0.39, 0.29) is 18.9 Å². The van der Waals surface area contributed by atoms with Crippen molar-refractivity contribution in [3.63, 3.8) is 0 Å². The van der Waals surface area contributed by atoms with Crippen molar-refractivity contribution in [3.05, 3.63) is 29.1 Å². The molecule has 0 amide bonds. The van der Waals surface area contributed by atoms with E-state index in [4.69, 9.17) is 0 Å². The Bertz CT molecular complexity index is 235. The number of hydrogen-bond acceptors (Lipinski definition) is 1. The summed E-state index contributed by atoms with van der Waals surface area (Å²) in [4.78, 5) is 0. The molecule has 0 atom stereocenters. The molecule has 0 aromatic heterocycles. The Morgan fingerprint density at radius 2 is 0.846 bits per heavy atom. The summed E-state index contributed by atoms with van der Waals surface area (Å²) in [6.07, 6.45) is 0. The first-order valence-corrected chi connectivity index (χ1v) is 2.65. The maximum absolute atomic E-state index is 12.1. The third-order valence-electron chi connectivity index (χ3n) is 1.17. The van der Waals surface area contributed by atoms with Gasteiger partial charge in [-0.3, -0.25) is 0 Å². The average Bonchev–Trinajstić information content (AvgIpc) is 2.08. The van der Waals surface area contributed by atoms with E-state index in [1.807, 2.05) is 0 Å². The zero-order valence-electron chi connectivity index (χ0n) is 6.30. The van der Waals surface area contributed by atoms with Gasteiger partial charge in [0.1, 0.15) is 0 Å². The van der Waals surface area contributed by atoms with Crippen LogP contribution in [0, 0.1) is 29.1 Å². The van der Waals surface area contributed by atoms with Crippen molar-refractivity contribution in [3.8, 4) is 5.75 Å². The molecule has 0 fully saturated rings. The van der Waals surface area contributed by atoms with Gasteiger partial charge in [0.05, 0.1) is 0 Å². The van der Waals surface area contributed by atoms with E-state index in [1.165, 1.54) is 0 Å². The Balaban J connectivity index is 0.00000144. The van der Waals surface area contributed by atoms with E-state index in [0.717, 1.165) is 0 Å². The first-order valence-electron chi connectivity index (χ1n) is 2.65. The van der Waals surface area contributed by atoms with Crippen molar-refractivity contribution in [2.75, 3.05) is 0 Å². The molecule has 1 aromatic carbocycles. The van der Waals surface area contributed by atoms with Crippen LogP contribution in [0.3, 0.4) is 0 Å². The average molecular weight is 190 g/mol. The third kappa shape index (κ3) is 1.79. The van der Waals surface area contributed by atoms with Crippen LogP contribution < -0.4 is 24.0 Å². The Hall–Kier alpha value is -0.733. The molecule has 0 unspecified atom stereocenters. The minimum absolute atomic E-state index is 0. The monoisotopic (exact) mass is 190 g/mol. The zero-order valence-corrected chi connectivity index (χ0v) is 6.30. The van der Waals surface area contributed by atoms with Gasteiger partial charge in [-0.15, -0.1) is 0 Å². The first kappa shape index (κ1) is 12.3. The predicted octanol–water partition coefficient (Wildman–Crippen LogP) is -1.54. The zero-order chi connectivity index (χ0) is 9.46. The van der Waals surface area contributed by atoms with Crippen LogP contribution in [0.4, 0.5) is 22.0 Å². The van der Waals surface area contributed by atoms with Crippen LogP contribution in [0.2, 0.25) is 0 Å². The van der Waals surface area contributed by atoms with Crippen LogP contribution in [-0.4, -0.2) is 0 Å². The van der Waals surface area contributed by atoms with Gasteiger partial charge in [0, 0.05) is 0 Å². The van der Waals surface area contributed by atoms with Crippen LogP contribution in [0.15, 0.2) is 0 Å². The summed E-state index contributed by atoms with van der Waals surface area (Å²) in [6, 6.07) is 0. The summed E-state index contributed by atoms with van der Waals surface area (Å²) in [5.41, 5.74) is 0. The molecule has 0 spiro atoms. The van der Waals surface area contributed by atoms with Gasteiger partial charge in [-0.2, -0.15) is 0 Å². The summed E-state index contributed by atoms with van der Waals surface area (Å²) in [5, 5.41) is 10.2. The molecule has 0 N–H and O–H groups in total. The van der Waals surface area contributed by atoms with Gasteiger partial charge in [-0.1, -0.05) is 0 Å². The number of halogens is 5. The molecule has 1 nitrogen and oxygen atoms in total. The normalized spacial score (nSPS) is 9.62. The molecule has 7 heteroatoms. The molecule has 13 heavy (non-hydrogen) atoms. The molecule has 0 aliphatic rings. The Kier molecular flexibility index (Phi) is 3.76. The van der Waals surface area contributed by atoms with Crippen molar-refractivity contribution >= 4 is 0 Å². The minimum atomic E-state index is -2.33. The van der Waals surface area contributed by atoms with Crippen LogP contribution in [-0.2, 0) is 0 Å². The molecule has 0 bridgehead atoms. The standard InChI is InChI=1S/C6HF5O.Li/c7-1-2(8)4(10)6(12)5(11)3(1)9;/h12H;/q;+1/p-1. The number of benzene rings is 1. The summed E-state index contributed by atoms with van der Waals surface area (Å²) < 4.78 is 60.4. The second kappa shape index (κ2) is 3.98. The van der Waals surface area contributed by atoms with Crippen molar-refractivity contribution in [2.24, 2.45) is 0 Å². The Labute approximate surface area is 81.4 Å².